The average Bonchev–Trinajstić information content (AvgIpc) is 2.39. The van der Waals surface area contributed by atoms with Crippen LogP contribution in [-0.2, 0) is 9.24 Å². The van der Waals surface area contributed by atoms with E-state index in [0.29, 0.717) is 11.4 Å². The minimum Gasteiger partial charge on any atom is -0.319 e. The van der Waals surface area contributed by atoms with Gasteiger partial charge in [-0.15, -0.1) is 4.67 Å². The first-order chi connectivity index (χ1) is 8.53. The van der Waals surface area contributed by atoms with Gasteiger partial charge in [0.05, 0.1) is 16.7 Å². The maximum Gasteiger partial charge on any atom is 0.385 e. The Morgan fingerprint density at radius 2 is 1.78 bits per heavy atom. The van der Waals surface area contributed by atoms with Gasteiger partial charge in [0, 0.05) is 12.4 Å². The Hall–Kier alpha value is -1.59. The lowest BCUT2D eigenvalue weighted by Gasteiger charge is -2.08. The van der Waals surface area contributed by atoms with Gasteiger partial charge in [-0.25, -0.2) is 5.26 Å². The van der Waals surface area contributed by atoms with Crippen LogP contribution in [0.2, 0.25) is 0 Å². The van der Waals surface area contributed by atoms with Crippen LogP contribution in [0, 0.1) is 6.92 Å². The summed E-state index contributed by atoms with van der Waals surface area (Å²) in [5, 5.41) is 8.36. The van der Waals surface area contributed by atoms with Crippen molar-refractivity contribution in [3.05, 3.63) is 42.2 Å². The van der Waals surface area contributed by atoms with E-state index in [1.54, 1.807) is 12.3 Å². The largest absolute Gasteiger partial charge is 0.385 e. The second-order valence-corrected chi connectivity index (χ2v) is 5.44. The van der Waals surface area contributed by atoms with Crippen molar-refractivity contribution in [3.8, 4) is 11.4 Å². The summed E-state index contributed by atoms with van der Waals surface area (Å²) >= 11 is 0. The van der Waals surface area contributed by atoms with Gasteiger partial charge in [0.1, 0.15) is 0 Å². The van der Waals surface area contributed by atoms with Gasteiger partial charge < -0.3 is 4.89 Å². The first-order valence-corrected chi connectivity index (χ1v) is 6.66. The normalized spacial score (nSPS) is 14.2. The van der Waals surface area contributed by atoms with E-state index < -0.39 is 7.60 Å². The lowest BCUT2D eigenvalue weighted by molar-refractivity contribution is -0.143. The first kappa shape index (κ1) is 12.9. The Balaban J connectivity index is 2.48. The van der Waals surface area contributed by atoms with Gasteiger partial charge in [0.15, 0.2) is 0 Å². The molecule has 2 heterocycles. The third-order valence-corrected chi connectivity index (χ3v) is 3.51. The third-order valence-electron chi connectivity index (χ3n) is 2.36. The van der Waals surface area contributed by atoms with Crippen LogP contribution in [0.1, 0.15) is 5.56 Å². The molecule has 7 heteroatoms. The highest BCUT2D eigenvalue weighted by Gasteiger charge is 2.23. The number of rotatable bonds is 3. The van der Waals surface area contributed by atoms with Crippen molar-refractivity contribution in [1.82, 2.24) is 9.97 Å². The Labute approximate surface area is 103 Å². The van der Waals surface area contributed by atoms with Gasteiger partial charge in [-0.05, 0) is 36.8 Å². The van der Waals surface area contributed by atoms with E-state index in [1.807, 2.05) is 13.0 Å². The maximum atomic E-state index is 11.5. The molecule has 2 rings (SSSR count). The molecule has 18 heavy (non-hydrogen) atoms. The molecule has 0 spiro atoms. The summed E-state index contributed by atoms with van der Waals surface area (Å²) in [4.78, 5) is 17.5. The molecule has 6 nitrogen and oxygen atoms in total. The van der Waals surface area contributed by atoms with E-state index in [-0.39, 0.29) is 5.30 Å². The molecule has 0 saturated heterocycles. The number of hydrogen-bond acceptors (Lipinski definition) is 5. The van der Waals surface area contributed by atoms with E-state index in [1.165, 1.54) is 18.3 Å². The molecule has 0 radical (unpaired) electrons. The van der Waals surface area contributed by atoms with Gasteiger partial charge in [0.2, 0.25) is 0 Å². The molecule has 0 bridgehead atoms. The molecular weight excluding hydrogens is 255 g/mol. The summed E-state index contributed by atoms with van der Waals surface area (Å²) in [5.74, 6) is 0. The number of nitrogens with zero attached hydrogens (tertiary/aromatic N) is 2. The highest BCUT2D eigenvalue weighted by molar-refractivity contribution is 7.61. The molecule has 0 amide bonds. The van der Waals surface area contributed by atoms with Gasteiger partial charge in [-0.3, -0.25) is 14.5 Å². The predicted octanol–water partition coefficient (Wildman–Crippen LogP) is 1.75. The zero-order valence-electron chi connectivity index (χ0n) is 9.52. The van der Waals surface area contributed by atoms with Crippen molar-refractivity contribution in [2.75, 3.05) is 0 Å². The fourth-order valence-corrected chi connectivity index (χ4v) is 2.09. The molecule has 0 aliphatic rings. The molecule has 2 aromatic heterocycles. The molecule has 2 aromatic rings. The monoisotopic (exact) mass is 266 g/mol. The van der Waals surface area contributed by atoms with Crippen LogP contribution in [0.25, 0.3) is 11.4 Å². The number of hydrogen-bond donors (Lipinski definition) is 2. The highest BCUT2D eigenvalue weighted by atomic mass is 31.2. The summed E-state index contributed by atoms with van der Waals surface area (Å²) < 4.78 is 15.1. The lowest BCUT2D eigenvalue weighted by Crippen LogP contribution is -2.07. The van der Waals surface area contributed by atoms with Gasteiger partial charge >= 0.3 is 7.60 Å². The molecule has 0 aliphatic carbocycles. The second kappa shape index (κ2) is 4.96. The van der Waals surface area contributed by atoms with Gasteiger partial charge in [0.25, 0.3) is 0 Å². The van der Waals surface area contributed by atoms with E-state index in [0.717, 1.165) is 5.56 Å². The van der Waals surface area contributed by atoms with Crippen LogP contribution in [0.5, 0.6) is 0 Å². The smallest absolute Gasteiger partial charge is 0.319 e. The van der Waals surface area contributed by atoms with Crippen molar-refractivity contribution >= 4 is 12.9 Å². The molecule has 1 unspecified atom stereocenters. The molecule has 94 valence electrons. The van der Waals surface area contributed by atoms with Crippen LogP contribution >= 0.6 is 7.60 Å². The fourth-order valence-electron chi connectivity index (χ4n) is 1.46. The standard InChI is InChI=1S/C11H11N2O4P/c1-8-2-4-12-10(6-8)11-7-9(3-5-13-11)18(15,16)17-14/h2-7,14H,1H3,(H,15,16). The average molecular weight is 266 g/mol. The van der Waals surface area contributed by atoms with Crippen molar-refractivity contribution in [1.29, 1.82) is 0 Å². The maximum absolute atomic E-state index is 11.5. The minimum absolute atomic E-state index is 0.0432. The first-order valence-electron chi connectivity index (χ1n) is 5.08. The number of pyridine rings is 2. The second-order valence-electron chi connectivity index (χ2n) is 3.72. The Kier molecular flexibility index (Phi) is 3.54. The van der Waals surface area contributed by atoms with E-state index in [2.05, 4.69) is 14.6 Å². The van der Waals surface area contributed by atoms with Crippen molar-refractivity contribution in [3.63, 3.8) is 0 Å². The molecular formula is C11H11N2O4P. The summed E-state index contributed by atoms with van der Waals surface area (Å²) in [6, 6.07) is 6.30. The van der Waals surface area contributed by atoms with Crippen LogP contribution in [0.3, 0.4) is 0 Å². The third kappa shape index (κ3) is 2.63. The number of aromatic nitrogens is 2. The van der Waals surface area contributed by atoms with Crippen molar-refractivity contribution in [2.45, 2.75) is 6.92 Å². The predicted molar refractivity (Wildman–Crippen MR) is 65.4 cm³/mol. The SMILES string of the molecule is Cc1ccnc(-c2cc(P(=O)(O)OO)ccn2)c1. The number of aryl methyl sites for hydroxylation is 1. The molecule has 0 aliphatic heterocycles. The minimum atomic E-state index is -4.20. The summed E-state index contributed by atoms with van der Waals surface area (Å²) in [5.41, 5.74) is 2.01. The summed E-state index contributed by atoms with van der Waals surface area (Å²) in [6.07, 6.45) is 2.98. The zero-order chi connectivity index (χ0) is 13.2. The molecule has 0 saturated carbocycles. The van der Waals surface area contributed by atoms with Crippen LogP contribution < -0.4 is 5.30 Å². The summed E-state index contributed by atoms with van der Waals surface area (Å²) in [6.45, 7) is 1.91. The van der Waals surface area contributed by atoms with Crippen LogP contribution in [0.4, 0.5) is 0 Å². The quantitative estimate of drug-likeness (QED) is 0.499. The molecule has 0 aromatic carbocycles. The van der Waals surface area contributed by atoms with Gasteiger partial charge in [-0.2, -0.15) is 0 Å². The van der Waals surface area contributed by atoms with Gasteiger partial charge in [-0.1, -0.05) is 0 Å². The summed E-state index contributed by atoms with van der Waals surface area (Å²) in [7, 11) is -4.20. The topological polar surface area (TPSA) is 92.5 Å². The van der Waals surface area contributed by atoms with E-state index in [4.69, 9.17) is 5.26 Å². The van der Waals surface area contributed by atoms with Crippen molar-refractivity contribution < 1.29 is 19.4 Å². The fraction of sp³-hybridized carbons (Fsp3) is 0.0909. The van der Waals surface area contributed by atoms with E-state index >= 15 is 0 Å². The Bertz CT molecular complexity index is 617. The molecule has 0 fully saturated rings. The lowest BCUT2D eigenvalue weighted by atomic mass is 10.2. The van der Waals surface area contributed by atoms with Crippen LogP contribution in [0.15, 0.2) is 36.7 Å². The Morgan fingerprint density at radius 1 is 1.17 bits per heavy atom. The van der Waals surface area contributed by atoms with Crippen LogP contribution in [-0.4, -0.2) is 20.1 Å². The molecule has 1 atom stereocenters. The Morgan fingerprint density at radius 3 is 2.39 bits per heavy atom. The zero-order valence-corrected chi connectivity index (χ0v) is 10.4. The highest BCUT2D eigenvalue weighted by Crippen LogP contribution is 2.39. The van der Waals surface area contributed by atoms with E-state index in [9.17, 15) is 9.46 Å². The molecule has 2 N–H and O–H groups in total. The van der Waals surface area contributed by atoms with Crippen molar-refractivity contribution in [2.24, 2.45) is 0 Å².